The maximum absolute atomic E-state index is 12.2. The number of carboxylic acids is 1. The number of aliphatic carboxylic acids is 1. The molecule has 1 fully saturated rings. The van der Waals surface area contributed by atoms with Crippen molar-refractivity contribution in [3.05, 3.63) is 0 Å². The first-order chi connectivity index (χ1) is 8.88. The highest BCUT2D eigenvalue weighted by atomic mass is 32.2. The van der Waals surface area contributed by atoms with Gasteiger partial charge >= 0.3 is 12.0 Å². The van der Waals surface area contributed by atoms with Crippen LogP contribution in [0, 0.1) is 5.92 Å². The van der Waals surface area contributed by atoms with Crippen molar-refractivity contribution in [1.82, 2.24) is 10.2 Å². The van der Waals surface area contributed by atoms with E-state index in [1.54, 1.807) is 7.11 Å². The quantitative estimate of drug-likeness (QED) is 0.796. The van der Waals surface area contributed by atoms with Gasteiger partial charge in [-0.05, 0) is 12.8 Å². The first kappa shape index (κ1) is 16.1. The van der Waals surface area contributed by atoms with Crippen LogP contribution in [0.2, 0.25) is 0 Å². The average Bonchev–Trinajstić information content (AvgIpc) is 2.70. The van der Waals surface area contributed by atoms with E-state index in [1.807, 2.05) is 20.8 Å². The Morgan fingerprint density at radius 3 is 2.63 bits per heavy atom. The fourth-order valence-electron chi connectivity index (χ4n) is 1.95. The number of carbonyl (C=O) groups is 2. The van der Waals surface area contributed by atoms with Gasteiger partial charge in [0.25, 0.3) is 0 Å². The van der Waals surface area contributed by atoms with Crippen LogP contribution in [-0.2, 0) is 9.53 Å². The minimum absolute atomic E-state index is 0.121. The van der Waals surface area contributed by atoms with Crippen LogP contribution in [0.25, 0.3) is 0 Å². The van der Waals surface area contributed by atoms with Gasteiger partial charge in [-0.15, -0.1) is 11.8 Å². The largest absolute Gasteiger partial charge is 0.480 e. The van der Waals surface area contributed by atoms with Crippen molar-refractivity contribution in [2.75, 3.05) is 19.5 Å². The fraction of sp³-hybridized carbons (Fsp3) is 0.833. The van der Waals surface area contributed by atoms with E-state index < -0.39 is 12.0 Å². The zero-order chi connectivity index (χ0) is 14.6. The van der Waals surface area contributed by atoms with Gasteiger partial charge in [0.15, 0.2) is 0 Å². The third-order valence-corrected chi connectivity index (χ3v) is 4.42. The number of hydrogen-bond donors (Lipinski definition) is 2. The molecular weight excluding hydrogens is 268 g/mol. The van der Waals surface area contributed by atoms with Crippen LogP contribution in [0.5, 0.6) is 0 Å². The number of ether oxygens (including phenoxy) is 1. The number of amides is 2. The Hall–Kier alpha value is -0.950. The molecule has 0 aromatic carbocycles. The summed E-state index contributed by atoms with van der Waals surface area (Å²) in [5.74, 6) is -0.307. The molecule has 1 aliphatic rings. The molecule has 110 valence electrons. The van der Waals surface area contributed by atoms with Crippen LogP contribution >= 0.6 is 11.8 Å². The lowest BCUT2D eigenvalue weighted by Gasteiger charge is -2.29. The zero-order valence-electron chi connectivity index (χ0n) is 11.8. The molecule has 3 unspecified atom stereocenters. The lowest BCUT2D eigenvalue weighted by molar-refractivity contribution is -0.141. The number of rotatable bonds is 5. The molecule has 7 heteroatoms. The Morgan fingerprint density at radius 2 is 2.16 bits per heavy atom. The molecule has 6 nitrogen and oxygen atoms in total. The van der Waals surface area contributed by atoms with E-state index in [4.69, 9.17) is 9.84 Å². The van der Waals surface area contributed by atoms with Crippen molar-refractivity contribution in [3.63, 3.8) is 0 Å². The normalized spacial score (nSPS) is 24.6. The van der Waals surface area contributed by atoms with Crippen LogP contribution in [0.1, 0.15) is 20.8 Å². The number of urea groups is 1. The van der Waals surface area contributed by atoms with Crippen LogP contribution in [-0.4, -0.2) is 58.9 Å². The first-order valence-electron chi connectivity index (χ1n) is 6.30. The molecular formula is C12H22N2O4S. The van der Waals surface area contributed by atoms with Crippen LogP contribution in [0.4, 0.5) is 4.79 Å². The number of thioether (sulfide) groups is 1. The minimum Gasteiger partial charge on any atom is -0.480 e. The predicted octanol–water partition coefficient (Wildman–Crippen LogP) is 1.21. The van der Waals surface area contributed by atoms with Gasteiger partial charge in [-0.2, -0.15) is 0 Å². The molecule has 19 heavy (non-hydrogen) atoms. The van der Waals surface area contributed by atoms with E-state index >= 15 is 0 Å². The highest BCUT2D eigenvalue weighted by Crippen LogP contribution is 2.28. The highest BCUT2D eigenvalue weighted by Gasteiger charge is 2.40. The second kappa shape index (κ2) is 7.00. The van der Waals surface area contributed by atoms with Crippen molar-refractivity contribution in [2.45, 2.75) is 38.2 Å². The maximum atomic E-state index is 12.2. The zero-order valence-corrected chi connectivity index (χ0v) is 12.6. The van der Waals surface area contributed by atoms with E-state index in [1.165, 1.54) is 16.7 Å². The smallest absolute Gasteiger partial charge is 0.327 e. The van der Waals surface area contributed by atoms with E-state index in [2.05, 4.69) is 5.32 Å². The average molecular weight is 290 g/mol. The van der Waals surface area contributed by atoms with Crippen molar-refractivity contribution >= 4 is 23.8 Å². The van der Waals surface area contributed by atoms with Gasteiger partial charge in [0, 0.05) is 12.9 Å². The Labute approximate surface area is 117 Å². The molecule has 0 aromatic rings. The summed E-state index contributed by atoms with van der Waals surface area (Å²) in [4.78, 5) is 24.8. The predicted molar refractivity (Wildman–Crippen MR) is 74.2 cm³/mol. The molecule has 2 amide bonds. The number of nitrogens with zero attached hydrogens (tertiary/aromatic N) is 1. The third kappa shape index (κ3) is 4.01. The van der Waals surface area contributed by atoms with E-state index in [0.717, 1.165) is 0 Å². The van der Waals surface area contributed by atoms with Gasteiger partial charge < -0.3 is 15.2 Å². The Bertz CT molecular complexity index is 338. The van der Waals surface area contributed by atoms with Gasteiger partial charge in [0.05, 0.1) is 18.0 Å². The molecule has 1 aliphatic heterocycles. The molecule has 0 spiro atoms. The minimum atomic E-state index is -0.958. The summed E-state index contributed by atoms with van der Waals surface area (Å²) in [6.07, 6.45) is 0. The van der Waals surface area contributed by atoms with Crippen molar-refractivity contribution in [2.24, 2.45) is 5.92 Å². The van der Waals surface area contributed by atoms with E-state index in [-0.39, 0.29) is 23.4 Å². The third-order valence-electron chi connectivity index (χ3n) is 3.20. The van der Waals surface area contributed by atoms with Crippen molar-refractivity contribution in [1.29, 1.82) is 0 Å². The topological polar surface area (TPSA) is 78.9 Å². The standard InChI is InChI=1S/C12H22N2O4S/c1-7(2)9(5-18-4)13-12(17)14-8(3)19-6-10(14)11(15)16/h7-10H,5-6H2,1-4H3,(H,13,17)(H,15,16). The summed E-state index contributed by atoms with van der Waals surface area (Å²) in [5, 5.41) is 11.9. The molecule has 0 aliphatic carbocycles. The van der Waals surface area contributed by atoms with E-state index in [9.17, 15) is 9.59 Å². The number of hydrogen-bond acceptors (Lipinski definition) is 4. The van der Waals surface area contributed by atoms with Gasteiger partial charge in [0.1, 0.15) is 6.04 Å². The molecule has 1 heterocycles. The fourth-order valence-corrected chi connectivity index (χ4v) is 3.12. The molecule has 2 N–H and O–H groups in total. The van der Waals surface area contributed by atoms with Crippen LogP contribution < -0.4 is 5.32 Å². The number of nitrogens with one attached hydrogen (secondary N) is 1. The molecule has 1 saturated heterocycles. The van der Waals surface area contributed by atoms with Gasteiger partial charge in [-0.25, -0.2) is 9.59 Å². The van der Waals surface area contributed by atoms with Crippen LogP contribution in [0.15, 0.2) is 0 Å². The summed E-state index contributed by atoms with van der Waals surface area (Å²) in [5.41, 5.74) is 0. The lowest BCUT2D eigenvalue weighted by Crippen LogP contribution is -2.53. The van der Waals surface area contributed by atoms with Crippen molar-refractivity contribution in [3.8, 4) is 0 Å². The number of methoxy groups -OCH3 is 1. The Kier molecular flexibility index (Phi) is 5.93. The summed E-state index contributed by atoms with van der Waals surface area (Å²) < 4.78 is 5.08. The van der Waals surface area contributed by atoms with Gasteiger partial charge in [0.2, 0.25) is 0 Å². The molecule has 0 saturated carbocycles. The molecule has 0 radical (unpaired) electrons. The Balaban J connectivity index is 2.71. The monoisotopic (exact) mass is 290 g/mol. The van der Waals surface area contributed by atoms with Gasteiger partial charge in [-0.1, -0.05) is 13.8 Å². The molecule has 1 rings (SSSR count). The summed E-state index contributed by atoms with van der Waals surface area (Å²) in [7, 11) is 1.58. The number of carbonyl (C=O) groups excluding carboxylic acids is 1. The molecule has 3 atom stereocenters. The molecule has 0 aromatic heterocycles. The summed E-state index contributed by atoms with van der Waals surface area (Å²) in [6.45, 7) is 6.23. The Morgan fingerprint density at radius 1 is 1.53 bits per heavy atom. The van der Waals surface area contributed by atoms with Crippen LogP contribution in [0.3, 0.4) is 0 Å². The van der Waals surface area contributed by atoms with Gasteiger partial charge in [-0.3, -0.25) is 4.90 Å². The first-order valence-corrected chi connectivity index (χ1v) is 7.35. The second-order valence-corrected chi connectivity index (χ2v) is 6.30. The lowest BCUT2D eigenvalue weighted by atomic mass is 10.1. The second-order valence-electron chi connectivity index (χ2n) is 4.95. The summed E-state index contributed by atoms with van der Waals surface area (Å²) >= 11 is 1.47. The maximum Gasteiger partial charge on any atom is 0.327 e. The summed E-state index contributed by atoms with van der Waals surface area (Å²) in [6, 6.07) is -1.21. The molecule has 0 bridgehead atoms. The number of carboxylic acid groups (broad SMARTS) is 1. The highest BCUT2D eigenvalue weighted by molar-refractivity contribution is 8.00. The van der Waals surface area contributed by atoms with Crippen molar-refractivity contribution < 1.29 is 19.4 Å². The SMILES string of the molecule is COCC(NC(=O)N1C(C)SCC1C(=O)O)C(C)C. The van der Waals surface area contributed by atoms with E-state index in [0.29, 0.717) is 12.4 Å².